The number of methoxy groups -OCH3 is 1. The predicted octanol–water partition coefficient (Wildman–Crippen LogP) is 8.58. The molecule has 5 atom stereocenters. The lowest BCUT2D eigenvalue weighted by Gasteiger charge is -2.46. The lowest BCUT2D eigenvalue weighted by molar-refractivity contribution is -0.307. The molecule has 1 saturated heterocycles. The highest BCUT2D eigenvalue weighted by atomic mass is 28.4. The summed E-state index contributed by atoms with van der Waals surface area (Å²) in [4.78, 5) is 0. The molecule has 0 spiro atoms. The van der Waals surface area contributed by atoms with Gasteiger partial charge in [0.25, 0.3) is 0 Å². The molecule has 0 aliphatic carbocycles. The van der Waals surface area contributed by atoms with E-state index in [0.29, 0.717) is 32.2 Å². The minimum absolute atomic E-state index is 0.354. The first-order valence-electron chi connectivity index (χ1n) is 17.1. The molecule has 0 amide bonds. The Balaban J connectivity index is 1.51. The maximum absolute atomic E-state index is 6.87. The highest BCUT2D eigenvalue weighted by molar-refractivity contribution is 6.73. The molecular formula is C40H50O7Si. The number of hydrogen-bond donors (Lipinski definition) is 0. The van der Waals surface area contributed by atoms with Gasteiger partial charge in [-0.25, -0.2) is 0 Å². The van der Waals surface area contributed by atoms with Crippen molar-refractivity contribution in [1.82, 2.24) is 0 Å². The third-order valence-corrected chi connectivity index (χ3v) is 13.9. The molecule has 48 heavy (non-hydrogen) atoms. The maximum atomic E-state index is 6.87. The zero-order valence-electron chi connectivity index (χ0n) is 28.7. The van der Waals surface area contributed by atoms with Gasteiger partial charge in [0.15, 0.2) is 8.32 Å². The maximum Gasteiger partial charge on any atom is 0.229 e. The quantitative estimate of drug-likeness (QED) is 0.0983. The SMILES string of the molecule is CC[Si](CC)(CC)OC[C@H]1O[C@H](Oc2ccc(OC)cc2)[C@H](OCc2ccccc2)[C@@H](OCc2ccccc2)[C@H]1OCc1ccccc1. The van der Waals surface area contributed by atoms with E-state index < -0.39 is 39.0 Å². The van der Waals surface area contributed by atoms with Crippen molar-refractivity contribution in [2.24, 2.45) is 0 Å². The fourth-order valence-electron chi connectivity index (χ4n) is 6.08. The van der Waals surface area contributed by atoms with Gasteiger partial charge in [0.2, 0.25) is 6.29 Å². The summed E-state index contributed by atoms with van der Waals surface area (Å²) in [5, 5.41) is 0. The van der Waals surface area contributed by atoms with Crippen LogP contribution in [-0.2, 0) is 43.2 Å². The minimum atomic E-state index is -1.96. The second kappa shape index (κ2) is 18.3. The van der Waals surface area contributed by atoms with E-state index in [9.17, 15) is 0 Å². The Labute approximate surface area is 287 Å². The van der Waals surface area contributed by atoms with Crippen molar-refractivity contribution in [3.63, 3.8) is 0 Å². The summed E-state index contributed by atoms with van der Waals surface area (Å²) >= 11 is 0. The van der Waals surface area contributed by atoms with Crippen molar-refractivity contribution >= 4 is 8.32 Å². The Kier molecular flexibility index (Phi) is 13.7. The van der Waals surface area contributed by atoms with Crippen molar-refractivity contribution in [1.29, 1.82) is 0 Å². The molecule has 0 radical (unpaired) electrons. The van der Waals surface area contributed by atoms with E-state index in [-0.39, 0.29) is 0 Å². The zero-order chi connectivity index (χ0) is 33.6. The van der Waals surface area contributed by atoms with Crippen LogP contribution in [0.25, 0.3) is 0 Å². The lowest BCUT2D eigenvalue weighted by Crippen LogP contribution is -2.63. The summed E-state index contributed by atoms with van der Waals surface area (Å²) in [6.07, 6.45) is -2.93. The van der Waals surface area contributed by atoms with Gasteiger partial charge in [0.05, 0.1) is 33.5 Å². The number of hydrogen-bond acceptors (Lipinski definition) is 7. The van der Waals surface area contributed by atoms with Crippen LogP contribution >= 0.6 is 0 Å². The second-order valence-corrected chi connectivity index (χ2v) is 17.0. The van der Waals surface area contributed by atoms with Gasteiger partial charge >= 0.3 is 0 Å². The molecule has 4 aromatic carbocycles. The van der Waals surface area contributed by atoms with Crippen LogP contribution in [-0.4, -0.2) is 52.7 Å². The third kappa shape index (κ3) is 9.78. The standard InChI is InChI=1S/C40H50O7Si/c1-5-48(6-2,7-3)45-30-36-37(42-27-31-17-11-8-12-18-31)38(43-28-32-19-13-9-14-20-32)39(44-29-33-21-15-10-16-22-33)40(47-36)46-35-25-23-34(41-4)24-26-35/h8-26,36-40H,5-7,27-30H2,1-4H3/t36-,37+,38+,39-,40+/m1/s1. The fraction of sp³-hybridized carbons (Fsp3) is 0.400. The minimum Gasteiger partial charge on any atom is -0.497 e. The third-order valence-electron chi connectivity index (χ3n) is 9.25. The van der Waals surface area contributed by atoms with E-state index in [1.54, 1.807) is 7.11 Å². The highest BCUT2D eigenvalue weighted by Gasteiger charge is 2.50. The molecule has 256 valence electrons. The van der Waals surface area contributed by atoms with Crippen LogP contribution in [0.5, 0.6) is 11.5 Å². The van der Waals surface area contributed by atoms with Gasteiger partial charge in [-0.1, -0.05) is 112 Å². The van der Waals surface area contributed by atoms with Crippen molar-refractivity contribution in [2.75, 3.05) is 13.7 Å². The molecule has 7 nitrogen and oxygen atoms in total. The van der Waals surface area contributed by atoms with E-state index in [0.717, 1.165) is 40.6 Å². The van der Waals surface area contributed by atoms with Gasteiger partial charge in [0.1, 0.15) is 35.9 Å². The molecule has 4 aromatic rings. The summed E-state index contributed by atoms with van der Waals surface area (Å²) < 4.78 is 46.1. The first-order chi connectivity index (χ1) is 23.6. The van der Waals surface area contributed by atoms with Crippen LogP contribution in [0.2, 0.25) is 18.1 Å². The van der Waals surface area contributed by atoms with Gasteiger partial charge in [-0.05, 0) is 59.1 Å². The smallest absolute Gasteiger partial charge is 0.229 e. The van der Waals surface area contributed by atoms with Crippen LogP contribution in [0.4, 0.5) is 0 Å². The Morgan fingerprint density at radius 1 is 0.542 bits per heavy atom. The lowest BCUT2D eigenvalue weighted by atomic mass is 9.97. The monoisotopic (exact) mass is 670 g/mol. The molecule has 0 bridgehead atoms. The van der Waals surface area contributed by atoms with E-state index >= 15 is 0 Å². The van der Waals surface area contributed by atoms with Gasteiger partial charge in [-0.3, -0.25) is 0 Å². The average Bonchev–Trinajstić information content (AvgIpc) is 3.15. The number of rotatable bonds is 18. The summed E-state index contributed by atoms with van der Waals surface area (Å²) in [6.45, 7) is 8.20. The first-order valence-corrected chi connectivity index (χ1v) is 19.7. The molecule has 8 heteroatoms. The van der Waals surface area contributed by atoms with Crippen molar-refractivity contribution in [2.45, 2.75) is 89.4 Å². The van der Waals surface area contributed by atoms with Gasteiger partial charge in [-0.15, -0.1) is 0 Å². The summed E-state index contributed by atoms with van der Waals surface area (Å²) in [5.41, 5.74) is 3.17. The Morgan fingerprint density at radius 2 is 0.979 bits per heavy atom. The van der Waals surface area contributed by atoms with Crippen molar-refractivity contribution in [3.8, 4) is 11.5 Å². The molecule has 1 aliphatic heterocycles. The Morgan fingerprint density at radius 3 is 1.44 bits per heavy atom. The molecule has 0 unspecified atom stereocenters. The highest BCUT2D eigenvalue weighted by Crippen LogP contribution is 2.34. The second-order valence-electron chi connectivity index (χ2n) is 12.2. The summed E-state index contributed by atoms with van der Waals surface area (Å²) in [5.74, 6) is 1.38. The summed E-state index contributed by atoms with van der Waals surface area (Å²) in [7, 11) is -0.309. The average molecular weight is 671 g/mol. The van der Waals surface area contributed by atoms with Crippen LogP contribution < -0.4 is 9.47 Å². The molecule has 1 heterocycles. The first kappa shape index (κ1) is 35.8. The fourth-order valence-corrected chi connectivity index (χ4v) is 8.71. The molecule has 0 aromatic heterocycles. The van der Waals surface area contributed by atoms with E-state index in [2.05, 4.69) is 45.0 Å². The molecule has 5 rings (SSSR count). The number of benzene rings is 4. The molecular weight excluding hydrogens is 621 g/mol. The normalized spacial score (nSPS) is 21.1. The van der Waals surface area contributed by atoms with Gasteiger partial charge < -0.3 is 32.8 Å². The van der Waals surface area contributed by atoms with E-state index in [1.165, 1.54) is 0 Å². The largest absolute Gasteiger partial charge is 0.497 e. The van der Waals surface area contributed by atoms with Crippen LogP contribution in [0.3, 0.4) is 0 Å². The van der Waals surface area contributed by atoms with Crippen LogP contribution in [0.1, 0.15) is 37.5 Å². The Hall–Kier alpha value is -3.50. The molecule has 1 aliphatic rings. The number of ether oxygens (including phenoxy) is 6. The van der Waals surface area contributed by atoms with E-state index in [1.807, 2.05) is 91.0 Å². The molecule has 0 saturated carbocycles. The topological polar surface area (TPSA) is 64.6 Å². The van der Waals surface area contributed by atoms with Crippen molar-refractivity contribution < 1.29 is 32.8 Å². The molecule has 1 fully saturated rings. The van der Waals surface area contributed by atoms with Crippen molar-refractivity contribution in [3.05, 3.63) is 132 Å². The van der Waals surface area contributed by atoms with E-state index in [4.69, 9.17) is 32.8 Å². The van der Waals surface area contributed by atoms with Gasteiger partial charge in [0, 0.05) is 0 Å². The zero-order valence-corrected chi connectivity index (χ0v) is 29.7. The molecule has 0 N–H and O–H groups in total. The Bertz CT molecular complexity index is 1440. The van der Waals surface area contributed by atoms with Crippen LogP contribution in [0, 0.1) is 0 Å². The summed E-state index contributed by atoms with van der Waals surface area (Å²) in [6, 6.07) is 41.1. The van der Waals surface area contributed by atoms with Crippen LogP contribution in [0.15, 0.2) is 115 Å². The predicted molar refractivity (Wildman–Crippen MR) is 190 cm³/mol. The van der Waals surface area contributed by atoms with Gasteiger partial charge in [-0.2, -0.15) is 0 Å².